The number of rotatable bonds is 5. The monoisotopic (exact) mass is 817 g/mol. The van der Waals surface area contributed by atoms with Crippen LogP contribution in [0, 0.1) is 18.5 Å². The molecule has 4 aromatic heterocycles. The maximum Gasteiger partial charge on any atom is 0.269 e. The second-order valence-electron chi connectivity index (χ2n) is 13.0. The Hall–Kier alpha value is -5.45. The molecule has 0 unspecified atom stereocenters. The predicted molar refractivity (Wildman–Crippen MR) is 188 cm³/mol. The van der Waals surface area contributed by atoms with Crippen LogP contribution < -0.4 is 9.30 Å². The van der Waals surface area contributed by atoms with E-state index in [1.807, 2.05) is 59.3 Å². The summed E-state index contributed by atoms with van der Waals surface area (Å²) < 4.78 is 18.7. The molecule has 0 spiro atoms. The fraction of sp³-hybridized carbons (Fsp3) is 0.0952. The summed E-state index contributed by atoms with van der Waals surface area (Å²) in [6.45, 7) is 6.64. The Kier molecular flexibility index (Phi) is 7.50. The normalized spacial score (nSPS) is 11.8. The van der Waals surface area contributed by atoms with Crippen molar-refractivity contribution < 1.29 is 34.8 Å². The van der Waals surface area contributed by atoms with Crippen LogP contribution in [0.5, 0.6) is 11.5 Å². The number of benzene rings is 5. The summed E-state index contributed by atoms with van der Waals surface area (Å²) in [5.74, 6) is 1.99. The maximum atomic E-state index is 6.47. The van der Waals surface area contributed by atoms with Gasteiger partial charge in [-0.05, 0) is 52.1 Å². The topological polar surface area (TPSA) is 49.0 Å². The van der Waals surface area contributed by atoms with Gasteiger partial charge in [-0.2, -0.15) is 6.07 Å². The number of hydrogen-bond donors (Lipinski definition) is 0. The maximum absolute atomic E-state index is 6.47. The van der Waals surface area contributed by atoms with E-state index < -0.39 is 0 Å². The molecule has 0 aliphatic carbocycles. The molecule has 4 heterocycles. The summed E-state index contributed by atoms with van der Waals surface area (Å²) in [5.41, 5.74) is 7.76. The first-order valence-corrected chi connectivity index (χ1v) is 16.0. The van der Waals surface area contributed by atoms with Crippen LogP contribution in [0.15, 0.2) is 132 Å². The molecule has 0 aliphatic rings. The van der Waals surface area contributed by atoms with Gasteiger partial charge in [0, 0.05) is 49.9 Å². The first kappa shape index (κ1) is 30.9. The van der Waals surface area contributed by atoms with E-state index in [1.165, 1.54) is 5.56 Å². The summed E-state index contributed by atoms with van der Waals surface area (Å²) in [5, 5.41) is 3.01. The summed E-state index contributed by atoms with van der Waals surface area (Å²) in [7, 11) is 0. The minimum atomic E-state index is -0.0125. The van der Waals surface area contributed by atoms with E-state index in [0.29, 0.717) is 17.1 Å². The third-order valence-corrected chi connectivity index (χ3v) is 8.87. The second-order valence-corrected chi connectivity index (χ2v) is 13.0. The number of pyridine rings is 1. The number of hydrogen-bond acceptors (Lipinski definition) is 3. The van der Waals surface area contributed by atoms with Crippen LogP contribution in [0.2, 0.25) is 0 Å². The first-order chi connectivity index (χ1) is 23.4. The van der Waals surface area contributed by atoms with Gasteiger partial charge in [0.1, 0.15) is 5.82 Å². The standard InChI is InChI=1S/C42H30N4O2.Pt/c1-42(2,3)28-21-22-43-41(23-28)46-35-14-8-7-13-32(35)33-19-17-31(25-38(33)46)48-30-18-20-40-34(24-30)39(26-47-40)45-27-44(29-11-5-4-6-12-29)36-15-9-10-16-37(36)45;/h4-23,26H,1-3H3;/q-2;. The van der Waals surface area contributed by atoms with Crippen molar-refractivity contribution in [2.24, 2.45) is 0 Å². The molecule has 7 heteroatoms. The van der Waals surface area contributed by atoms with E-state index in [1.54, 1.807) is 6.26 Å². The average molecular weight is 818 g/mol. The van der Waals surface area contributed by atoms with Crippen molar-refractivity contribution in [2.75, 3.05) is 0 Å². The van der Waals surface area contributed by atoms with Crippen LogP contribution in [0.25, 0.3) is 61.0 Å². The molecule has 242 valence electrons. The predicted octanol–water partition coefficient (Wildman–Crippen LogP) is 9.63. The summed E-state index contributed by atoms with van der Waals surface area (Å²) in [6.07, 6.45) is 7.17. The van der Waals surface area contributed by atoms with Gasteiger partial charge >= 0.3 is 0 Å². The van der Waals surface area contributed by atoms with Crippen molar-refractivity contribution >= 4 is 43.8 Å². The number of nitrogens with zero attached hydrogens (tertiary/aromatic N) is 4. The minimum absolute atomic E-state index is 0. The van der Waals surface area contributed by atoms with Gasteiger partial charge in [-0.15, -0.1) is 17.5 Å². The Morgan fingerprint density at radius 1 is 0.755 bits per heavy atom. The number of aromatic nitrogens is 4. The molecular formula is C42H30N4O2Pt-2. The molecule has 0 fully saturated rings. The number of para-hydroxylation sites is 4. The summed E-state index contributed by atoms with van der Waals surface area (Å²) in [4.78, 5) is 4.80. The number of furan rings is 1. The smallest absolute Gasteiger partial charge is 0.269 e. The van der Waals surface area contributed by atoms with Crippen LogP contribution in [-0.4, -0.2) is 14.1 Å². The van der Waals surface area contributed by atoms with Crippen LogP contribution >= 0.6 is 0 Å². The summed E-state index contributed by atoms with van der Waals surface area (Å²) in [6, 6.07) is 46.0. The molecule has 6 nitrogen and oxygen atoms in total. The van der Waals surface area contributed by atoms with E-state index in [-0.39, 0.29) is 26.5 Å². The van der Waals surface area contributed by atoms with Crippen LogP contribution in [-0.2, 0) is 26.5 Å². The molecule has 5 aromatic carbocycles. The van der Waals surface area contributed by atoms with E-state index in [4.69, 9.17) is 14.1 Å². The minimum Gasteiger partial charge on any atom is -0.512 e. The van der Waals surface area contributed by atoms with E-state index >= 15 is 0 Å². The van der Waals surface area contributed by atoms with Gasteiger partial charge in [0.05, 0.1) is 28.7 Å². The van der Waals surface area contributed by atoms with Gasteiger partial charge in [0.2, 0.25) is 0 Å². The van der Waals surface area contributed by atoms with Gasteiger partial charge in [-0.3, -0.25) is 9.13 Å². The molecule has 0 amide bonds. The van der Waals surface area contributed by atoms with E-state index in [9.17, 15) is 0 Å². The zero-order chi connectivity index (χ0) is 32.4. The van der Waals surface area contributed by atoms with E-state index in [0.717, 1.165) is 55.4 Å². The van der Waals surface area contributed by atoms with Crippen molar-refractivity contribution in [1.29, 1.82) is 0 Å². The molecule has 0 N–H and O–H groups in total. The molecule has 0 bridgehead atoms. The zero-order valence-electron chi connectivity index (χ0n) is 27.0. The molecule has 9 rings (SSSR count). The fourth-order valence-electron chi connectivity index (χ4n) is 6.46. The van der Waals surface area contributed by atoms with Crippen molar-refractivity contribution in [2.45, 2.75) is 26.2 Å². The van der Waals surface area contributed by atoms with E-state index in [2.05, 4.69) is 115 Å². The van der Waals surface area contributed by atoms with Crippen molar-refractivity contribution in [3.05, 3.63) is 152 Å². The molecule has 0 saturated heterocycles. The van der Waals surface area contributed by atoms with Crippen LogP contribution in [0.1, 0.15) is 26.3 Å². The molecule has 0 radical (unpaired) electrons. The Balaban J connectivity index is 0.00000348. The van der Waals surface area contributed by atoms with Gasteiger partial charge in [-0.25, -0.2) is 4.98 Å². The van der Waals surface area contributed by atoms with Gasteiger partial charge in [0.25, 0.3) is 6.33 Å². The molecule has 9 aromatic rings. The number of imidazole rings is 1. The Morgan fingerprint density at radius 2 is 1.49 bits per heavy atom. The van der Waals surface area contributed by atoms with Gasteiger partial charge < -0.3 is 13.7 Å². The SMILES string of the molecule is CC(C)(C)c1ccnc(-n2c3[c-]c(Oc4[c-]c5c(-n6[c-][n+](-c7ccccc7)c7ccccc76)coc5cc4)ccc3c3ccccc32)c1.[Pt]. The average Bonchev–Trinajstić information content (AvgIpc) is 3.80. The van der Waals surface area contributed by atoms with Crippen molar-refractivity contribution in [3.63, 3.8) is 0 Å². The third kappa shape index (κ3) is 5.24. The molecule has 0 atom stereocenters. The van der Waals surface area contributed by atoms with Crippen molar-refractivity contribution in [3.8, 4) is 28.7 Å². The molecule has 49 heavy (non-hydrogen) atoms. The number of ether oxygens (including phenoxy) is 1. The second kappa shape index (κ2) is 11.9. The summed E-state index contributed by atoms with van der Waals surface area (Å²) >= 11 is 0. The molecular weight excluding hydrogens is 788 g/mol. The molecule has 0 saturated carbocycles. The Labute approximate surface area is 298 Å². The largest absolute Gasteiger partial charge is 0.512 e. The number of fused-ring (bicyclic) bond motifs is 5. The Bertz CT molecular complexity index is 2640. The first-order valence-electron chi connectivity index (χ1n) is 16.0. The third-order valence-electron chi connectivity index (χ3n) is 8.87. The zero-order valence-corrected chi connectivity index (χ0v) is 29.3. The molecule has 0 aliphatic heterocycles. The van der Waals surface area contributed by atoms with Gasteiger partial charge in [-0.1, -0.05) is 105 Å². The quantitative estimate of drug-likeness (QED) is 0.129. The Morgan fingerprint density at radius 3 is 2.33 bits per heavy atom. The fourth-order valence-corrected chi connectivity index (χ4v) is 6.46. The van der Waals surface area contributed by atoms with Crippen LogP contribution in [0.3, 0.4) is 0 Å². The van der Waals surface area contributed by atoms with Gasteiger partial charge in [0.15, 0.2) is 0 Å². The van der Waals surface area contributed by atoms with Crippen LogP contribution in [0.4, 0.5) is 0 Å². The van der Waals surface area contributed by atoms with Crippen molar-refractivity contribution in [1.82, 2.24) is 14.1 Å².